The Hall–Kier alpha value is -2.12. The van der Waals surface area contributed by atoms with Gasteiger partial charge in [0.1, 0.15) is 11.8 Å². The number of carbonyl (C=O) groups is 2. The van der Waals surface area contributed by atoms with E-state index in [0.717, 1.165) is 5.56 Å². The Kier molecular flexibility index (Phi) is 7.20. The molecule has 3 N–H and O–H groups in total. The quantitative estimate of drug-likeness (QED) is 0.510. The van der Waals surface area contributed by atoms with Crippen molar-refractivity contribution in [3.8, 4) is 5.75 Å². The SMILES string of the molecule is COCOc1ccc(C[C@H](NC(=O)CN)C(=O)OC)cc1. The zero-order valence-corrected chi connectivity index (χ0v) is 12.1. The molecule has 116 valence electrons. The van der Waals surface area contributed by atoms with Gasteiger partial charge in [-0.15, -0.1) is 0 Å². The molecule has 0 unspecified atom stereocenters. The average Bonchev–Trinajstić information content (AvgIpc) is 2.52. The lowest BCUT2D eigenvalue weighted by atomic mass is 10.1. The fourth-order valence-electron chi connectivity index (χ4n) is 1.67. The Morgan fingerprint density at radius 3 is 2.43 bits per heavy atom. The molecule has 0 spiro atoms. The van der Waals surface area contributed by atoms with Gasteiger partial charge in [-0.25, -0.2) is 4.79 Å². The maximum absolute atomic E-state index is 11.7. The highest BCUT2D eigenvalue weighted by Crippen LogP contribution is 2.13. The zero-order valence-electron chi connectivity index (χ0n) is 12.1. The van der Waals surface area contributed by atoms with Crippen LogP contribution in [0.25, 0.3) is 0 Å². The second-order valence-corrected chi connectivity index (χ2v) is 4.25. The summed E-state index contributed by atoms with van der Waals surface area (Å²) in [6.07, 6.45) is 0.309. The molecule has 1 aromatic carbocycles. The number of esters is 1. The summed E-state index contributed by atoms with van der Waals surface area (Å²) >= 11 is 0. The summed E-state index contributed by atoms with van der Waals surface area (Å²) in [6, 6.07) is 6.35. The van der Waals surface area contributed by atoms with Gasteiger partial charge >= 0.3 is 5.97 Å². The highest BCUT2D eigenvalue weighted by atomic mass is 16.7. The molecule has 21 heavy (non-hydrogen) atoms. The molecule has 1 aromatic rings. The van der Waals surface area contributed by atoms with Crippen molar-refractivity contribution in [2.75, 3.05) is 27.6 Å². The minimum atomic E-state index is -0.767. The van der Waals surface area contributed by atoms with Crippen molar-refractivity contribution in [3.63, 3.8) is 0 Å². The lowest BCUT2D eigenvalue weighted by Gasteiger charge is -2.16. The van der Waals surface area contributed by atoms with Crippen molar-refractivity contribution in [2.24, 2.45) is 5.73 Å². The Balaban J connectivity index is 2.69. The molecule has 0 saturated heterocycles. The lowest BCUT2D eigenvalue weighted by molar-refractivity contribution is -0.144. The molecule has 1 atom stereocenters. The third-order valence-electron chi connectivity index (χ3n) is 2.71. The highest BCUT2D eigenvalue weighted by Gasteiger charge is 2.21. The Morgan fingerprint density at radius 2 is 1.90 bits per heavy atom. The van der Waals surface area contributed by atoms with E-state index >= 15 is 0 Å². The van der Waals surface area contributed by atoms with E-state index in [0.29, 0.717) is 12.2 Å². The van der Waals surface area contributed by atoms with Crippen LogP contribution in [0.5, 0.6) is 5.75 Å². The monoisotopic (exact) mass is 296 g/mol. The topological polar surface area (TPSA) is 99.9 Å². The van der Waals surface area contributed by atoms with Crippen LogP contribution in [0.1, 0.15) is 5.56 Å². The first-order valence-corrected chi connectivity index (χ1v) is 6.38. The predicted octanol–water partition coefficient (Wildman–Crippen LogP) is -0.172. The summed E-state index contributed by atoms with van der Waals surface area (Å²) in [5.41, 5.74) is 6.08. The molecule has 7 heteroatoms. The first kappa shape index (κ1) is 16.9. The van der Waals surface area contributed by atoms with E-state index < -0.39 is 17.9 Å². The van der Waals surface area contributed by atoms with Crippen LogP contribution in [-0.4, -0.2) is 45.5 Å². The summed E-state index contributed by atoms with van der Waals surface area (Å²) in [4.78, 5) is 23.0. The van der Waals surface area contributed by atoms with E-state index in [1.54, 1.807) is 24.3 Å². The molecule has 1 rings (SSSR count). The highest BCUT2D eigenvalue weighted by molar-refractivity contribution is 5.85. The summed E-state index contributed by atoms with van der Waals surface area (Å²) in [5, 5.41) is 2.53. The fourth-order valence-corrected chi connectivity index (χ4v) is 1.67. The fraction of sp³-hybridized carbons (Fsp3) is 0.429. The number of benzene rings is 1. The van der Waals surface area contributed by atoms with Crippen molar-refractivity contribution >= 4 is 11.9 Å². The third-order valence-corrected chi connectivity index (χ3v) is 2.71. The molecule has 0 heterocycles. The minimum absolute atomic E-state index is 0.163. The van der Waals surface area contributed by atoms with Gasteiger partial charge in [0.05, 0.1) is 13.7 Å². The standard InChI is InChI=1S/C14H20N2O5/c1-19-9-21-11-5-3-10(4-6-11)7-12(14(18)20-2)16-13(17)8-15/h3-6,12H,7-9,15H2,1-2H3,(H,16,17)/t12-/m0/s1. The molecule has 0 radical (unpaired) electrons. The number of amides is 1. The van der Waals surface area contributed by atoms with Gasteiger partial charge in [-0.1, -0.05) is 12.1 Å². The molecule has 0 saturated carbocycles. The largest absolute Gasteiger partial charge is 0.468 e. The predicted molar refractivity (Wildman–Crippen MR) is 75.7 cm³/mol. The maximum Gasteiger partial charge on any atom is 0.328 e. The van der Waals surface area contributed by atoms with Crippen LogP contribution >= 0.6 is 0 Å². The van der Waals surface area contributed by atoms with Crippen molar-refractivity contribution in [1.82, 2.24) is 5.32 Å². The molecular weight excluding hydrogens is 276 g/mol. The average molecular weight is 296 g/mol. The van der Waals surface area contributed by atoms with E-state index in [9.17, 15) is 9.59 Å². The molecule has 0 aliphatic rings. The number of rotatable bonds is 8. The van der Waals surface area contributed by atoms with Crippen molar-refractivity contribution in [1.29, 1.82) is 0 Å². The smallest absolute Gasteiger partial charge is 0.328 e. The van der Waals surface area contributed by atoms with Gasteiger partial charge in [0.2, 0.25) is 5.91 Å². The van der Waals surface area contributed by atoms with Crippen LogP contribution in [0.4, 0.5) is 0 Å². The summed E-state index contributed by atoms with van der Waals surface area (Å²) in [5.74, 6) is -0.275. The van der Waals surface area contributed by atoms with Gasteiger partial charge in [0, 0.05) is 13.5 Å². The molecule has 0 aliphatic carbocycles. The van der Waals surface area contributed by atoms with E-state index in [1.807, 2.05) is 0 Å². The van der Waals surface area contributed by atoms with E-state index in [4.69, 9.17) is 15.2 Å². The lowest BCUT2D eigenvalue weighted by Crippen LogP contribution is -2.45. The van der Waals surface area contributed by atoms with Crippen molar-refractivity contribution in [2.45, 2.75) is 12.5 Å². The van der Waals surface area contributed by atoms with Crippen LogP contribution in [0.3, 0.4) is 0 Å². The van der Waals surface area contributed by atoms with Crippen LogP contribution < -0.4 is 15.8 Å². The second-order valence-electron chi connectivity index (χ2n) is 4.25. The number of nitrogens with one attached hydrogen (secondary N) is 1. The normalized spacial score (nSPS) is 11.6. The Labute approximate surface area is 123 Å². The second kappa shape index (κ2) is 8.93. The van der Waals surface area contributed by atoms with Gasteiger partial charge in [-0.3, -0.25) is 4.79 Å². The summed E-state index contributed by atoms with van der Waals surface area (Å²) in [7, 11) is 2.81. The number of hydrogen-bond donors (Lipinski definition) is 2. The number of ether oxygens (including phenoxy) is 3. The van der Waals surface area contributed by atoms with Gasteiger partial charge in [-0.2, -0.15) is 0 Å². The van der Waals surface area contributed by atoms with E-state index in [-0.39, 0.29) is 13.3 Å². The minimum Gasteiger partial charge on any atom is -0.468 e. The summed E-state index contributed by atoms with van der Waals surface area (Å²) in [6.45, 7) is -0.0199. The number of methoxy groups -OCH3 is 2. The molecule has 0 aliphatic heterocycles. The molecule has 0 fully saturated rings. The first-order chi connectivity index (χ1) is 10.1. The third kappa shape index (κ3) is 5.80. The number of nitrogens with two attached hydrogens (primary N) is 1. The molecule has 0 aromatic heterocycles. The van der Waals surface area contributed by atoms with Crippen LogP contribution in [0, 0.1) is 0 Å². The molecular formula is C14H20N2O5. The van der Waals surface area contributed by atoms with Gasteiger partial charge in [-0.05, 0) is 17.7 Å². The van der Waals surface area contributed by atoms with Gasteiger partial charge in [0.15, 0.2) is 6.79 Å². The van der Waals surface area contributed by atoms with Crippen molar-refractivity contribution < 1.29 is 23.8 Å². The van der Waals surface area contributed by atoms with Crippen molar-refractivity contribution in [3.05, 3.63) is 29.8 Å². The maximum atomic E-state index is 11.7. The van der Waals surface area contributed by atoms with Gasteiger partial charge < -0.3 is 25.3 Å². The zero-order chi connectivity index (χ0) is 15.7. The van der Waals surface area contributed by atoms with E-state index in [2.05, 4.69) is 10.1 Å². The molecule has 0 bridgehead atoms. The van der Waals surface area contributed by atoms with E-state index in [1.165, 1.54) is 14.2 Å². The molecule has 7 nitrogen and oxygen atoms in total. The number of hydrogen-bond acceptors (Lipinski definition) is 6. The van der Waals surface area contributed by atoms with Crippen LogP contribution in [0.15, 0.2) is 24.3 Å². The summed E-state index contributed by atoms with van der Waals surface area (Å²) < 4.78 is 14.7. The first-order valence-electron chi connectivity index (χ1n) is 6.38. The van der Waals surface area contributed by atoms with Crippen LogP contribution in [0.2, 0.25) is 0 Å². The van der Waals surface area contributed by atoms with Crippen LogP contribution in [-0.2, 0) is 25.5 Å². The molecule has 1 amide bonds. The van der Waals surface area contributed by atoms with Gasteiger partial charge in [0.25, 0.3) is 0 Å². The Morgan fingerprint density at radius 1 is 1.24 bits per heavy atom. The Bertz CT molecular complexity index is 461. The number of carbonyl (C=O) groups excluding carboxylic acids is 2.